The van der Waals surface area contributed by atoms with Gasteiger partial charge in [0.05, 0.1) is 12.2 Å². The van der Waals surface area contributed by atoms with Crippen molar-refractivity contribution in [3.8, 4) is 6.07 Å². The third kappa shape index (κ3) is 3.34. The first-order valence-corrected chi connectivity index (χ1v) is 9.02. The van der Waals surface area contributed by atoms with E-state index in [1.807, 2.05) is 18.2 Å². The van der Waals surface area contributed by atoms with E-state index in [2.05, 4.69) is 31.2 Å². The lowest BCUT2D eigenvalue weighted by Gasteiger charge is -2.26. The van der Waals surface area contributed by atoms with Gasteiger partial charge >= 0.3 is 0 Å². The fraction of sp³-hybridized carbons (Fsp3) is 0.222. The number of thiazole rings is 1. The minimum absolute atomic E-state index is 0.170. The molecule has 1 atom stereocenters. The third-order valence-electron chi connectivity index (χ3n) is 4.31. The number of rotatable bonds is 4. The van der Waals surface area contributed by atoms with Crippen LogP contribution < -0.4 is 10.2 Å². The number of benzene rings is 1. The Balaban J connectivity index is 1.57. The molecule has 4 rings (SSSR count). The molecule has 1 unspecified atom stereocenters. The van der Waals surface area contributed by atoms with Crippen molar-refractivity contribution in [2.75, 3.05) is 16.8 Å². The number of nitrogens with zero attached hydrogens (tertiary/aromatic N) is 5. The predicted octanol–water partition coefficient (Wildman–Crippen LogP) is 4.03. The van der Waals surface area contributed by atoms with Gasteiger partial charge < -0.3 is 10.2 Å². The topological polar surface area (TPSA) is 77.7 Å². The molecule has 130 valence electrons. The molecule has 6 nitrogen and oxygen atoms in total. The smallest absolute Gasteiger partial charge is 0.189 e. The monoisotopic (exact) mass is 366 g/mol. The summed E-state index contributed by atoms with van der Waals surface area (Å²) in [6.45, 7) is 0.883. The van der Waals surface area contributed by atoms with Crippen molar-refractivity contribution in [2.45, 2.75) is 18.9 Å². The van der Waals surface area contributed by atoms with E-state index in [0.29, 0.717) is 15.8 Å². The summed E-state index contributed by atoms with van der Waals surface area (Å²) in [6, 6.07) is 10.8. The molecule has 8 heteroatoms. The Labute approximate surface area is 154 Å². The third-order valence-corrected chi connectivity index (χ3v) is 5.12. The van der Waals surface area contributed by atoms with Gasteiger partial charge in [0, 0.05) is 12.6 Å². The predicted molar refractivity (Wildman–Crippen MR) is 97.9 cm³/mol. The second kappa shape index (κ2) is 7.06. The van der Waals surface area contributed by atoms with Crippen LogP contribution in [0.1, 0.15) is 29.3 Å². The van der Waals surface area contributed by atoms with E-state index in [9.17, 15) is 4.39 Å². The number of hydrogen-bond donors (Lipinski definition) is 1. The van der Waals surface area contributed by atoms with Gasteiger partial charge in [-0.05, 0) is 30.5 Å². The standard InChI is InChI=1S/C18H15FN6S/c19-13-5-3-12(4-6-13)15-2-1-7-25(15)17-8-16(22-11-23-17)24-18-21-10-14(9-20)26-18/h3-6,8,10-11,15H,1-2,7H2,(H,21,22,23,24). The molecule has 1 saturated heterocycles. The molecule has 1 N–H and O–H groups in total. The Kier molecular flexibility index (Phi) is 4.46. The lowest BCUT2D eigenvalue weighted by molar-refractivity contribution is 0.624. The lowest BCUT2D eigenvalue weighted by atomic mass is 10.0. The van der Waals surface area contributed by atoms with Crippen LogP contribution in [0.4, 0.5) is 21.2 Å². The molecule has 1 aliphatic heterocycles. The maximum absolute atomic E-state index is 13.2. The van der Waals surface area contributed by atoms with Crippen LogP contribution in [0, 0.1) is 17.1 Å². The maximum Gasteiger partial charge on any atom is 0.189 e. The van der Waals surface area contributed by atoms with E-state index in [0.717, 1.165) is 30.8 Å². The molecular formula is C18H15FN6S. The van der Waals surface area contributed by atoms with Crippen molar-refractivity contribution in [2.24, 2.45) is 0 Å². The molecule has 0 bridgehead atoms. The normalized spacial score (nSPS) is 16.5. The molecule has 2 aromatic heterocycles. The summed E-state index contributed by atoms with van der Waals surface area (Å²) in [4.78, 5) is 15.6. The second-order valence-corrected chi connectivity index (χ2v) is 6.96. The van der Waals surface area contributed by atoms with Crippen molar-refractivity contribution < 1.29 is 4.39 Å². The average molecular weight is 366 g/mol. The molecule has 3 aromatic rings. The number of nitrogens with one attached hydrogen (secondary N) is 1. The average Bonchev–Trinajstić information content (AvgIpc) is 3.32. The van der Waals surface area contributed by atoms with Gasteiger partial charge in [0.1, 0.15) is 34.7 Å². The van der Waals surface area contributed by atoms with Crippen LogP contribution in [-0.4, -0.2) is 21.5 Å². The first-order valence-electron chi connectivity index (χ1n) is 8.20. The lowest BCUT2D eigenvalue weighted by Crippen LogP contribution is -2.23. The maximum atomic E-state index is 13.2. The molecule has 1 fully saturated rings. The summed E-state index contributed by atoms with van der Waals surface area (Å²) in [6.07, 6.45) is 5.08. The van der Waals surface area contributed by atoms with Gasteiger partial charge in [0.2, 0.25) is 0 Å². The van der Waals surface area contributed by atoms with E-state index in [-0.39, 0.29) is 11.9 Å². The number of hydrogen-bond acceptors (Lipinski definition) is 7. The van der Waals surface area contributed by atoms with E-state index in [1.165, 1.54) is 36.0 Å². The van der Waals surface area contributed by atoms with Crippen LogP contribution in [0.2, 0.25) is 0 Å². The van der Waals surface area contributed by atoms with Gasteiger partial charge in [-0.3, -0.25) is 0 Å². The first-order chi connectivity index (χ1) is 12.7. The summed E-state index contributed by atoms with van der Waals surface area (Å²) < 4.78 is 13.2. The summed E-state index contributed by atoms with van der Waals surface area (Å²) >= 11 is 1.27. The number of aromatic nitrogens is 3. The fourth-order valence-electron chi connectivity index (χ4n) is 3.14. The summed E-state index contributed by atoms with van der Waals surface area (Å²) in [7, 11) is 0. The highest BCUT2D eigenvalue weighted by molar-refractivity contribution is 7.16. The van der Waals surface area contributed by atoms with Crippen molar-refractivity contribution in [3.05, 3.63) is 59.1 Å². The van der Waals surface area contributed by atoms with Gasteiger partial charge in [0.15, 0.2) is 5.13 Å². The minimum atomic E-state index is -0.230. The highest BCUT2D eigenvalue weighted by Gasteiger charge is 2.27. The minimum Gasteiger partial charge on any atom is -0.349 e. The van der Waals surface area contributed by atoms with Crippen molar-refractivity contribution >= 4 is 28.1 Å². The molecule has 0 radical (unpaired) electrons. The fourth-order valence-corrected chi connectivity index (χ4v) is 3.76. The number of nitriles is 1. The van der Waals surface area contributed by atoms with Gasteiger partial charge in [-0.25, -0.2) is 19.3 Å². The second-order valence-electron chi connectivity index (χ2n) is 5.93. The summed E-state index contributed by atoms with van der Waals surface area (Å²) in [5.41, 5.74) is 1.08. The zero-order valence-electron chi connectivity index (χ0n) is 13.8. The zero-order chi connectivity index (χ0) is 17.9. The Morgan fingerprint density at radius 2 is 2.08 bits per heavy atom. The van der Waals surface area contributed by atoms with Gasteiger partial charge in [-0.15, -0.1) is 0 Å². The molecule has 3 heterocycles. The SMILES string of the molecule is N#Cc1cnc(Nc2cc(N3CCCC3c3ccc(F)cc3)ncn2)s1. The van der Waals surface area contributed by atoms with Gasteiger partial charge in [0.25, 0.3) is 0 Å². The van der Waals surface area contributed by atoms with Crippen LogP contribution in [-0.2, 0) is 0 Å². The van der Waals surface area contributed by atoms with Crippen LogP contribution in [0.3, 0.4) is 0 Å². The Hall–Kier alpha value is -3.05. The van der Waals surface area contributed by atoms with E-state index < -0.39 is 0 Å². The molecule has 0 saturated carbocycles. The van der Waals surface area contributed by atoms with Gasteiger partial charge in [-0.2, -0.15) is 5.26 Å². The van der Waals surface area contributed by atoms with Crippen molar-refractivity contribution in [1.29, 1.82) is 5.26 Å². The first kappa shape index (κ1) is 16.4. The summed E-state index contributed by atoms with van der Waals surface area (Å²) in [5.74, 6) is 1.21. The zero-order valence-corrected chi connectivity index (χ0v) is 14.6. The van der Waals surface area contributed by atoms with E-state index in [1.54, 1.807) is 0 Å². The van der Waals surface area contributed by atoms with E-state index in [4.69, 9.17) is 5.26 Å². The van der Waals surface area contributed by atoms with Crippen LogP contribution in [0.25, 0.3) is 0 Å². The highest BCUT2D eigenvalue weighted by atomic mass is 32.1. The molecular weight excluding hydrogens is 351 g/mol. The Bertz CT molecular complexity index is 949. The number of anilines is 3. The van der Waals surface area contributed by atoms with Crippen LogP contribution in [0.15, 0.2) is 42.9 Å². The largest absolute Gasteiger partial charge is 0.349 e. The molecule has 1 aliphatic rings. The van der Waals surface area contributed by atoms with Crippen LogP contribution >= 0.6 is 11.3 Å². The molecule has 26 heavy (non-hydrogen) atoms. The quantitative estimate of drug-likeness (QED) is 0.751. The van der Waals surface area contributed by atoms with Crippen molar-refractivity contribution in [1.82, 2.24) is 15.0 Å². The highest BCUT2D eigenvalue weighted by Crippen LogP contribution is 2.36. The molecule has 0 amide bonds. The Morgan fingerprint density at radius 1 is 1.23 bits per heavy atom. The Morgan fingerprint density at radius 3 is 2.85 bits per heavy atom. The van der Waals surface area contributed by atoms with Crippen LogP contribution in [0.5, 0.6) is 0 Å². The van der Waals surface area contributed by atoms with Crippen molar-refractivity contribution in [3.63, 3.8) is 0 Å². The molecule has 0 spiro atoms. The molecule has 1 aromatic carbocycles. The molecule has 0 aliphatic carbocycles. The number of halogens is 1. The van der Waals surface area contributed by atoms with Gasteiger partial charge in [-0.1, -0.05) is 23.5 Å². The van der Waals surface area contributed by atoms with E-state index >= 15 is 0 Å². The summed E-state index contributed by atoms with van der Waals surface area (Å²) in [5, 5.41) is 12.6.